The summed E-state index contributed by atoms with van der Waals surface area (Å²) in [5.41, 5.74) is 3.91. The van der Waals surface area contributed by atoms with Gasteiger partial charge in [-0.3, -0.25) is 0 Å². The van der Waals surface area contributed by atoms with Crippen molar-refractivity contribution in [1.29, 1.82) is 0 Å². The SMILES string of the molecule is FOC1O[C@H](COCc2ccccc2)[C@@H](OCc2ccccc2)[C@H](OCc2ccccc2)[C@H]1OCc1ccccc1. The summed E-state index contributed by atoms with van der Waals surface area (Å²) in [4.78, 5) is 4.34. The molecule has 214 valence electrons. The van der Waals surface area contributed by atoms with E-state index in [1.54, 1.807) is 0 Å². The van der Waals surface area contributed by atoms with E-state index in [-0.39, 0.29) is 19.8 Å². The Morgan fingerprint density at radius 3 is 1.32 bits per heavy atom. The smallest absolute Gasteiger partial charge is 0.226 e. The van der Waals surface area contributed by atoms with Gasteiger partial charge in [0.2, 0.25) is 6.29 Å². The molecule has 1 aliphatic heterocycles. The molecular weight excluding hydrogens is 523 g/mol. The third-order valence-electron chi connectivity index (χ3n) is 6.93. The van der Waals surface area contributed by atoms with Crippen molar-refractivity contribution in [3.05, 3.63) is 144 Å². The van der Waals surface area contributed by atoms with Gasteiger partial charge in [-0.25, -0.2) is 0 Å². The molecule has 0 aromatic heterocycles. The van der Waals surface area contributed by atoms with E-state index in [0.717, 1.165) is 22.3 Å². The molecule has 7 heteroatoms. The summed E-state index contributed by atoms with van der Waals surface area (Å²) in [5.74, 6) is 0. The van der Waals surface area contributed by atoms with Gasteiger partial charge >= 0.3 is 0 Å². The summed E-state index contributed by atoms with van der Waals surface area (Å²) in [7, 11) is 0. The lowest BCUT2D eigenvalue weighted by Gasteiger charge is -2.44. The van der Waals surface area contributed by atoms with E-state index in [1.165, 1.54) is 0 Å². The lowest BCUT2D eigenvalue weighted by atomic mass is 9.98. The fourth-order valence-electron chi connectivity index (χ4n) is 4.82. The van der Waals surface area contributed by atoms with Crippen LogP contribution in [0.25, 0.3) is 0 Å². The molecule has 0 N–H and O–H groups in total. The molecule has 5 atom stereocenters. The molecule has 1 saturated heterocycles. The number of ether oxygens (including phenoxy) is 5. The minimum absolute atomic E-state index is 0.144. The average Bonchev–Trinajstić information content (AvgIpc) is 3.04. The first-order valence-electron chi connectivity index (χ1n) is 13.8. The average molecular weight is 559 g/mol. The minimum Gasteiger partial charge on any atom is -0.374 e. The van der Waals surface area contributed by atoms with E-state index in [9.17, 15) is 4.53 Å². The number of halogens is 1. The van der Waals surface area contributed by atoms with Crippen molar-refractivity contribution in [2.75, 3.05) is 6.61 Å². The molecule has 4 aromatic rings. The maximum Gasteiger partial charge on any atom is 0.226 e. The molecule has 4 aromatic carbocycles. The van der Waals surface area contributed by atoms with Crippen molar-refractivity contribution >= 4 is 0 Å². The zero-order valence-corrected chi connectivity index (χ0v) is 22.8. The second-order valence-electron chi connectivity index (χ2n) is 9.92. The van der Waals surface area contributed by atoms with E-state index in [0.29, 0.717) is 13.2 Å². The van der Waals surface area contributed by atoms with Crippen molar-refractivity contribution in [2.24, 2.45) is 0 Å². The quantitative estimate of drug-likeness (QED) is 0.174. The summed E-state index contributed by atoms with van der Waals surface area (Å²) >= 11 is 0. The summed E-state index contributed by atoms with van der Waals surface area (Å²) in [6.45, 7) is 1.32. The molecule has 6 nitrogen and oxygen atoms in total. The Hall–Kier alpha value is -3.43. The van der Waals surface area contributed by atoms with E-state index >= 15 is 0 Å². The van der Waals surface area contributed by atoms with Crippen molar-refractivity contribution in [1.82, 2.24) is 0 Å². The normalized spacial score (nSPS) is 22.4. The van der Waals surface area contributed by atoms with Crippen molar-refractivity contribution in [2.45, 2.75) is 57.1 Å². The standard InChI is InChI=1S/C34H35FO6/c35-41-34-33(39-24-29-19-11-4-12-20-29)32(38-23-28-17-9-3-10-18-28)31(37-22-27-15-7-2-8-16-27)30(40-34)25-36-21-26-13-5-1-6-14-26/h1-20,30-34H,21-25H2/t30-,31-,32+,33-,34?/m1/s1. The van der Waals surface area contributed by atoms with Crippen LogP contribution in [0.2, 0.25) is 0 Å². The molecule has 41 heavy (non-hydrogen) atoms. The zero-order chi connectivity index (χ0) is 28.1. The van der Waals surface area contributed by atoms with Gasteiger partial charge < -0.3 is 23.7 Å². The Bertz CT molecular complexity index is 1260. The van der Waals surface area contributed by atoms with Crippen LogP contribution in [0.4, 0.5) is 4.53 Å². The highest BCUT2D eigenvalue weighted by molar-refractivity contribution is 5.16. The van der Waals surface area contributed by atoms with E-state index in [2.05, 4.69) is 4.94 Å². The van der Waals surface area contributed by atoms with Crippen LogP contribution in [0.5, 0.6) is 0 Å². The Kier molecular flexibility index (Phi) is 11.0. The number of benzene rings is 4. The molecule has 1 aliphatic rings. The Balaban J connectivity index is 1.38. The third-order valence-corrected chi connectivity index (χ3v) is 6.93. The van der Waals surface area contributed by atoms with Gasteiger partial charge in [0.1, 0.15) is 24.4 Å². The van der Waals surface area contributed by atoms with E-state index in [1.807, 2.05) is 121 Å². The number of hydrogen-bond donors (Lipinski definition) is 0. The monoisotopic (exact) mass is 558 g/mol. The molecule has 0 radical (unpaired) electrons. The first-order valence-corrected chi connectivity index (χ1v) is 13.8. The van der Waals surface area contributed by atoms with Crippen LogP contribution in [0, 0.1) is 0 Å². The molecule has 0 amide bonds. The lowest BCUT2D eigenvalue weighted by molar-refractivity contribution is -0.377. The highest BCUT2D eigenvalue weighted by Crippen LogP contribution is 2.31. The Labute approximate surface area is 240 Å². The fraction of sp³-hybridized carbons (Fsp3) is 0.294. The topological polar surface area (TPSA) is 55.4 Å². The van der Waals surface area contributed by atoms with Gasteiger partial charge in [-0.05, 0) is 26.8 Å². The second-order valence-corrected chi connectivity index (χ2v) is 9.92. The Morgan fingerprint density at radius 1 is 0.488 bits per heavy atom. The largest absolute Gasteiger partial charge is 0.374 e. The maximum atomic E-state index is 14.1. The van der Waals surface area contributed by atoms with Gasteiger partial charge in [0.05, 0.1) is 33.0 Å². The minimum atomic E-state index is -1.33. The van der Waals surface area contributed by atoms with Crippen LogP contribution < -0.4 is 0 Å². The molecule has 0 saturated carbocycles. The predicted molar refractivity (Wildman–Crippen MR) is 152 cm³/mol. The maximum absolute atomic E-state index is 14.1. The van der Waals surface area contributed by atoms with Gasteiger partial charge in [-0.2, -0.15) is 4.94 Å². The molecule has 5 rings (SSSR count). The van der Waals surface area contributed by atoms with Crippen LogP contribution >= 0.6 is 0 Å². The van der Waals surface area contributed by atoms with Crippen LogP contribution in [0.15, 0.2) is 121 Å². The third kappa shape index (κ3) is 8.53. The zero-order valence-electron chi connectivity index (χ0n) is 22.8. The molecule has 0 bridgehead atoms. The van der Waals surface area contributed by atoms with Gasteiger partial charge in [0.25, 0.3) is 0 Å². The van der Waals surface area contributed by atoms with E-state index in [4.69, 9.17) is 23.7 Å². The summed E-state index contributed by atoms with van der Waals surface area (Å²) in [5, 5.41) is 0. The van der Waals surface area contributed by atoms with Gasteiger partial charge in [-0.1, -0.05) is 121 Å². The van der Waals surface area contributed by atoms with Crippen LogP contribution in [-0.4, -0.2) is 37.3 Å². The second kappa shape index (κ2) is 15.5. The number of rotatable bonds is 14. The summed E-state index contributed by atoms with van der Waals surface area (Å²) < 4.78 is 45.4. The first kappa shape index (κ1) is 29.1. The van der Waals surface area contributed by atoms with E-state index < -0.39 is 30.7 Å². The molecule has 1 heterocycles. The van der Waals surface area contributed by atoms with Crippen molar-refractivity contribution in [3.8, 4) is 0 Å². The highest BCUT2D eigenvalue weighted by Gasteiger charge is 2.49. The van der Waals surface area contributed by atoms with Gasteiger partial charge in [0, 0.05) is 0 Å². The van der Waals surface area contributed by atoms with Crippen LogP contribution in [-0.2, 0) is 55.1 Å². The van der Waals surface area contributed by atoms with Gasteiger partial charge in [0.15, 0.2) is 0 Å². The van der Waals surface area contributed by atoms with Gasteiger partial charge in [-0.15, -0.1) is 0 Å². The lowest BCUT2D eigenvalue weighted by Crippen LogP contribution is -2.61. The Morgan fingerprint density at radius 2 is 0.878 bits per heavy atom. The molecule has 0 spiro atoms. The van der Waals surface area contributed by atoms with Crippen molar-refractivity contribution in [3.63, 3.8) is 0 Å². The van der Waals surface area contributed by atoms with Crippen LogP contribution in [0.1, 0.15) is 22.3 Å². The molecule has 1 unspecified atom stereocenters. The summed E-state index contributed by atoms with van der Waals surface area (Å²) in [6, 6.07) is 39.1. The summed E-state index contributed by atoms with van der Waals surface area (Å²) in [6.07, 6.45) is -4.28. The molecule has 1 fully saturated rings. The molecular formula is C34H35FO6. The first-order chi connectivity index (χ1) is 20.3. The predicted octanol–water partition coefficient (Wildman–Crippen LogP) is 6.59. The highest BCUT2D eigenvalue weighted by atomic mass is 19.3. The fourth-order valence-corrected chi connectivity index (χ4v) is 4.82. The van der Waals surface area contributed by atoms with Crippen LogP contribution in [0.3, 0.4) is 0 Å². The molecule has 0 aliphatic carbocycles. The number of hydrogen-bond acceptors (Lipinski definition) is 6. The van der Waals surface area contributed by atoms with Crippen molar-refractivity contribution < 1.29 is 33.2 Å².